The Labute approximate surface area is 525 Å². The predicted octanol–water partition coefficient (Wildman–Crippen LogP) is 18.6. The summed E-state index contributed by atoms with van der Waals surface area (Å²) in [6, 6.07) is -1.17. The molecule has 11 nitrogen and oxygen atoms in total. The number of hydrogen-bond donors (Lipinski definition) is 8. The fourth-order valence-corrected chi connectivity index (χ4v) is 12.6. The molecule has 0 aromatic rings. The highest BCUT2D eigenvalue weighted by Crippen LogP contribution is 2.24. The zero-order chi connectivity index (χ0) is 61.7. The van der Waals surface area contributed by atoms with E-state index in [-0.39, 0.29) is 6.42 Å². The van der Waals surface area contributed by atoms with Crippen molar-refractivity contribution in [1.82, 2.24) is 5.32 Å². The van der Waals surface area contributed by atoms with Crippen LogP contribution in [0.1, 0.15) is 386 Å². The molecule has 0 aliphatic carbocycles. The van der Waals surface area contributed by atoms with Crippen LogP contribution in [0.15, 0.2) is 12.2 Å². The number of unbranched alkanes of at least 4 members (excludes halogenated alkanes) is 53. The molecular weight excluding hydrogens is 1060 g/mol. The number of nitrogens with one attached hydrogen (secondary N) is 1. The van der Waals surface area contributed by atoms with E-state index in [0.29, 0.717) is 19.3 Å². The average molecular weight is 1210 g/mol. The minimum Gasteiger partial charge on any atom is -0.394 e. The van der Waals surface area contributed by atoms with Crippen molar-refractivity contribution in [2.24, 2.45) is 0 Å². The van der Waals surface area contributed by atoms with Gasteiger partial charge in [-0.25, -0.2) is 0 Å². The Morgan fingerprint density at radius 2 is 0.682 bits per heavy atom. The monoisotopic (exact) mass is 1210 g/mol. The highest BCUT2D eigenvalue weighted by atomic mass is 16.7. The molecular formula is C74H145NO10. The third-order valence-corrected chi connectivity index (χ3v) is 18.6. The van der Waals surface area contributed by atoms with Crippen molar-refractivity contribution in [2.45, 2.75) is 441 Å². The fourth-order valence-electron chi connectivity index (χ4n) is 12.6. The smallest absolute Gasteiger partial charge is 0.249 e. The first-order valence-electron chi connectivity index (χ1n) is 37.6. The Morgan fingerprint density at radius 1 is 0.400 bits per heavy atom. The van der Waals surface area contributed by atoms with Crippen molar-refractivity contribution >= 4 is 5.91 Å². The van der Waals surface area contributed by atoms with Gasteiger partial charge in [0.1, 0.15) is 36.6 Å². The third kappa shape index (κ3) is 50.2. The summed E-state index contributed by atoms with van der Waals surface area (Å²) in [5.74, 6) is -0.690. The lowest BCUT2D eigenvalue weighted by atomic mass is 9.98. The molecule has 1 heterocycles. The van der Waals surface area contributed by atoms with Crippen LogP contribution in [0.25, 0.3) is 0 Å². The van der Waals surface area contributed by atoms with E-state index < -0.39 is 74.2 Å². The SMILES string of the molecule is CCCCCCCCCCCCCC/C=C\CCCCCCCCCCCCC(O)C(=O)NC(COC1OC(CO)C(O)C(O)C1O)C(O)C(O)CCCCCCCCCCCCCCCCCCCCCCCCCCCCCCCCCC. The van der Waals surface area contributed by atoms with Crippen LogP contribution < -0.4 is 5.32 Å². The molecule has 11 heteroatoms. The van der Waals surface area contributed by atoms with E-state index >= 15 is 0 Å². The first kappa shape index (κ1) is 81.9. The molecule has 0 aromatic heterocycles. The number of hydrogen-bond acceptors (Lipinski definition) is 10. The van der Waals surface area contributed by atoms with Crippen molar-refractivity contribution in [3.8, 4) is 0 Å². The number of aliphatic hydroxyl groups excluding tert-OH is 7. The van der Waals surface area contributed by atoms with Gasteiger partial charge >= 0.3 is 0 Å². The lowest BCUT2D eigenvalue weighted by Gasteiger charge is -2.40. The molecule has 8 N–H and O–H groups in total. The van der Waals surface area contributed by atoms with Gasteiger partial charge in [0.15, 0.2) is 6.29 Å². The lowest BCUT2D eigenvalue weighted by Crippen LogP contribution is -2.60. The van der Waals surface area contributed by atoms with Crippen molar-refractivity contribution in [2.75, 3.05) is 13.2 Å². The molecule has 1 amide bonds. The Balaban J connectivity index is 2.16. The van der Waals surface area contributed by atoms with Gasteiger partial charge in [0.05, 0.1) is 25.4 Å². The lowest BCUT2D eigenvalue weighted by molar-refractivity contribution is -0.303. The molecule has 0 aromatic carbocycles. The summed E-state index contributed by atoms with van der Waals surface area (Å²) in [7, 11) is 0. The van der Waals surface area contributed by atoms with E-state index in [2.05, 4.69) is 31.3 Å². The van der Waals surface area contributed by atoms with E-state index in [1.165, 1.54) is 308 Å². The van der Waals surface area contributed by atoms with Crippen LogP contribution in [0.2, 0.25) is 0 Å². The van der Waals surface area contributed by atoms with Crippen molar-refractivity contribution in [3.63, 3.8) is 0 Å². The topological polar surface area (TPSA) is 189 Å². The number of amides is 1. The van der Waals surface area contributed by atoms with Gasteiger partial charge in [0.25, 0.3) is 0 Å². The maximum Gasteiger partial charge on any atom is 0.249 e. The number of carbonyl (C=O) groups excluding carboxylic acids is 1. The molecule has 1 aliphatic heterocycles. The van der Waals surface area contributed by atoms with Crippen LogP contribution in [0.3, 0.4) is 0 Å². The molecule has 0 spiro atoms. The molecule has 506 valence electrons. The Kier molecular flexibility index (Phi) is 60.7. The normalized spacial score (nSPS) is 18.8. The Hall–Kier alpha value is -1.15. The summed E-state index contributed by atoms with van der Waals surface area (Å²) < 4.78 is 11.2. The number of carbonyl (C=O) groups is 1. The van der Waals surface area contributed by atoms with Crippen molar-refractivity contribution in [3.05, 3.63) is 12.2 Å². The quantitative estimate of drug-likeness (QED) is 0.0215. The maximum atomic E-state index is 13.3. The molecule has 0 radical (unpaired) electrons. The fraction of sp³-hybridized carbons (Fsp3) is 0.959. The van der Waals surface area contributed by atoms with Gasteiger partial charge in [-0.2, -0.15) is 0 Å². The van der Waals surface area contributed by atoms with Crippen molar-refractivity contribution < 1.29 is 50.0 Å². The van der Waals surface area contributed by atoms with Crippen LogP contribution in [0.4, 0.5) is 0 Å². The first-order chi connectivity index (χ1) is 41.7. The number of allylic oxidation sites excluding steroid dienone is 2. The molecule has 0 bridgehead atoms. The van der Waals surface area contributed by atoms with Crippen LogP contribution in [0.5, 0.6) is 0 Å². The maximum absolute atomic E-state index is 13.3. The van der Waals surface area contributed by atoms with E-state index in [0.717, 1.165) is 38.5 Å². The molecule has 1 saturated heterocycles. The highest BCUT2D eigenvalue weighted by Gasteiger charge is 2.44. The van der Waals surface area contributed by atoms with E-state index in [4.69, 9.17) is 9.47 Å². The Bertz CT molecular complexity index is 1390. The van der Waals surface area contributed by atoms with Crippen LogP contribution in [-0.2, 0) is 14.3 Å². The zero-order valence-corrected chi connectivity index (χ0v) is 56.1. The van der Waals surface area contributed by atoms with Crippen molar-refractivity contribution in [1.29, 1.82) is 0 Å². The molecule has 0 saturated carbocycles. The zero-order valence-electron chi connectivity index (χ0n) is 56.1. The van der Waals surface area contributed by atoms with Gasteiger partial charge < -0.3 is 50.5 Å². The Morgan fingerprint density at radius 3 is 0.988 bits per heavy atom. The molecule has 1 fully saturated rings. The number of aliphatic hydroxyl groups is 7. The van der Waals surface area contributed by atoms with E-state index in [9.17, 15) is 40.5 Å². The second kappa shape index (κ2) is 63.0. The minimum atomic E-state index is -1.66. The third-order valence-electron chi connectivity index (χ3n) is 18.6. The molecule has 9 atom stereocenters. The van der Waals surface area contributed by atoms with Gasteiger partial charge in [-0.05, 0) is 38.5 Å². The van der Waals surface area contributed by atoms with Gasteiger partial charge in [-0.1, -0.05) is 360 Å². The van der Waals surface area contributed by atoms with Gasteiger partial charge in [-0.3, -0.25) is 4.79 Å². The molecule has 1 aliphatic rings. The molecule has 85 heavy (non-hydrogen) atoms. The van der Waals surface area contributed by atoms with Crippen LogP contribution in [-0.4, -0.2) is 110 Å². The van der Waals surface area contributed by atoms with E-state index in [1.54, 1.807) is 0 Å². The van der Waals surface area contributed by atoms with Crippen LogP contribution in [0, 0.1) is 0 Å². The summed E-state index contributed by atoms with van der Waals surface area (Å²) in [6.45, 7) is 3.53. The number of ether oxygens (including phenoxy) is 2. The second-order valence-corrected chi connectivity index (χ2v) is 26.7. The van der Waals surface area contributed by atoms with Gasteiger partial charge in [0, 0.05) is 0 Å². The largest absolute Gasteiger partial charge is 0.394 e. The summed E-state index contributed by atoms with van der Waals surface area (Å²) in [5, 5.41) is 76.7. The van der Waals surface area contributed by atoms with Gasteiger partial charge in [0.2, 0.25) is 5.91 Å². The second-order valence-electron chi connectivity index (χ2n) is 26.7. The number of rotatable bonds is 67. The summed E-state index contributed by atoms with van der Waals surface area (Å²) >= 11 is 0. The highest BCUT2D eigenvalue weighted by molar-refractivity contribution is 5.80. The average Bonchev–Trinajstić information content (AvgIpc) is 3.66. The minimum absolute atomic E-state index is 0.262. The first-order valence-corrected chi connectivity index (χ1v) is 37.6. The summed E-state index contributed by atoms with van der Waals surface area (Å²) in [4.78, 5) is 13.3. The summed E-state index contributed by atoms with van der Waals surface area (Å²) in [6.07, 6.45) is 67.4. The summed E-state index contributed by atoms with van der Waals surface area (Å²) in [5.41, 5.74) is 0. The van der Waals surface area contributed by atoms with E-state index in [1.807, 2.05) is 0 Å². The molecule has 9 unspecified atom stereocenters. The molecule has 1 rings (SSSR count). The van der Waals surface area contributed by atoms with Crippen LogP contribution >= 0.6 is 0 Å². The van der Waals surface area contributed by atoms with Gasteiger partial charge in [-0.15, -0.1) is 0 Å². The predicted molar refractivity (Wildman–Crippen MR) is 358 cm³/mol. The standard InChI is InChI=1S/C74H145NO10/c1-3-5-7-9-11-13-15-17-19-21-23-25-27-29-31-32-33-34-35-36-38-39-41-43-45-47-49-51-53-55-57-59-61-66(77)69(79)65(64-84-74-72(82)71(81)70(80)68(63-76)85-74)75-73(83)67(78)62-60-58-56-54-52-50-48-46-44-42-40-37-30-28-26-24-22-20-18-16-14-12-10-8-6-4-2/h30,37,65-72,74,76-82H,3-29,31-36,38-64H2,1-2H3,(H,75,83)/b37-30-.